The first-order valence-corrected chi connectivity index (χ1v) is 10.8. The van der Waals surface area contributed by atoms with E-state index in [1.807, 2.05) is 20.8 Å². The topological polar surface area (TPSA) is 72.9 Å². The van der Waals surface area contributed by atoms with Crippen molar-refractivity contribution in [3.63, 3.8) is 0 Å². The number of carbonyl (C=O) groups excluding carboxylic acids is 3. The van der Waals surface area contributed by atoms with E-state index in [-0.39, 0.29) is 19.3 Å². The van der Waals surface area contributed by atoms with E-state index in [2.05, 4.69) is 25.1 Å². The zero-order valence-electron chi connectivity index (χ0n) is 18.4. The van der Waals surface area contributed by atoms with Crippen molar-refractivity contribution in [3.05, 3.63) is 34.9 Å². The quantitative estimate of drug-likeness (QED) is 0.454. The van der Waals surface area contributed by atoms with Gasteiger partial charge in [-0.05, 0) is 62.8 Å². The van der Waals surface area contributed by atoms with Crippen LogP contribution in [0.3, 0.4) is 0 Å². The summed E-state index contributed by atoms with van der Waals surface area (Å²) in [5, 5.41) is 0.599. The van der Waals surface area contributed by atoms with Gasteiger partial charge in [-0.1, -0.05) is 31.9 Å². The molecular weight excluding hydrogens is 382 g/mol. The van der Waals surface area contributed by atoms with Crippen LogP contribution in [0.15, 0.2) is 23.8 Å². The van der Waals surface area contributed by atoms with E-state index in [1.54, 1.807) is 0 Å². The maximum atomic E-state index is 12.2. The number of ether oxygens (including phenoxy) is 1. The first-order chi connectivity index (χ1) is 14.2. The molecule has 2 aliphatic heterocycles. The summed E-state index contributed by atoms with van der Waals surface area (Å²) in [7, 11) is 0. The third-order valence-electron chi connectivity index (χ3n) is 5.84. The summed E-state index contributed by atoms with van der Waals surface area (Å²) in [4.78, 5) is 40.5. The van der Waals surface area contributed by atoms with Gasteiger partial charge in [0.2, 0.25) is 0 Å². The molecule has 0 atom stereocenters. The summed E-state index contributed by atoms with van der Waals surface area (Å²) in [6.07, 6.45) is 5.32. The van der Waals surface area contributed by atoms with Gasteiger partial charge in [0.25, 0.3) is 11.8 Å². The van der Waals surface area contributed by atoms with Crippen LogP contribution in [-0.4, -0.2) is 28.4 Å². The lowest BCUT2D eigenvalue weighted by molar-refractivity contribution is -0.197. The number of aryl methyl sites for hydroxylation is 1. The molecule has 0 spiro atoms. The van der Waals surface area contributed by atoms with E-state index in [1.165, 1.54) is 24.8 Å². The molecule has 0 N–H and O–H groups in total. The zero-order chi connectivity index (χ0) is 21.9. The molecule has 1 fully saturated rings. The van der Waals surface area contributed by atoms with Crippen LogP contribution in [0.25, 0.3) is 5.57 Å². The van der Waals surface area contributed by atoms with Crippen LogP contribution in [0.2, 0.25) is 0 Å². The summed E-state index contributed by atoms with van der Waals surface area (Å²) in [6.45, 7) is 8.24. The molecule has 0 saturated carbocycles. The Hall–Kier alpha value is -2.63. The largest absolute Gasteiger partial charge is 0.483 e. The second-order valence-corrected chi connectivity index (χ2v) is 8.55. The van der Waals surface area contributed by atoms with E-state index < -0.39 is 23.4 Å². The number of benzene rings is 1. The second-order valence-electron chi connectivity index (χ2n) is 8.55. The van der Waals surface area contributed by atoms with Crippen molar-refractivity contribution >= 4 is 23.4 Å². The summed E-state index contributed by atoms with van der Waals surface area (Å²) >= 11 is 0. The molecule has 1 saturated heterocycles. The van der Waals surface area contributed by atoms with Crippen LogP contribution < -0.4 is 4.74 Å². The predicted molar refractivity (Wildman–Crippen MR) is 113 cm³/mol. The fraction of sp³-hybridized carbons (Fsp3) is 0.542. The van der Waals surface area contributed by atoms with Crippen LogP contribution in [-0.2, 0) is 25.6 Å². The number of unbranched alkanes of at least 4 members (excludes halogenated alkanes) is 2. The molecule has 0 bridgehead atoms. The third kappa shape index (κ3) is 4.74. The summed E-state index contributed by atoms with van der Waals surface area (Å²) in [6, 6.07) is 6.38. The normalized spacial score (nSPS) is 17.8. The summed E-state index contributed by atoms with van der Waals surface area (Å²) < 4.78 is 6.32. The third-order valence-corrected chi connectivity index (χ3v) is 5.84. The second kappa shape index (κ2) is 9.02. The highest BCUT2D eigenvalue weighted by Crippen LogP contribution is 2.42. The van der Waals surface area contributed by atoms with Gasteiger partial charge in [-0.2, -0.15) is 0 Å². The molecule has 30 heavy (non-hydrogen) atoms. The van der Waals surface area contributed by atoms with Gasteiger partial charge in [0.1, 0.15) is 11.4 Å². The number of rotatable bonds is 8. The molecule has 0 radical (unpaired) electrons. The first kappa shape index (κ1) is 22.1. The van der Waals surface area contributed by atoms with Gasteiger partial charge in [-0.25, -0.2) is 4.79 Å². The monoisotopic (exact) mass is 413 g/mol. The first-order valence-electron chi connectivity index (χ1n) is 10.8. The highest BCUT2D eigenvalue weighted by molar-refractivity contribution is 6.01. The smallest absolute Gasteiger partial charge is 0.333 e. The lowest BCUT2D eigenvalue weighted by atomic mass is 9.83. The Morgan fingerprint density at radius 3 is 2.50 bits per heavy atom. The molecule has 1 aromatic carbocycles. The molecule has 2 aliphatic rings. The van der Waals surface area contributed by atoms with Gasteiger partial charge in [-0.15, -0.1) is 5.06 Å². The molecule has 0 aliphatic carbocycles. The van der Waals surface area contributed by atoms with Gasteiger partial charge < -0.3 is 9.57 Å². The van der Waals surface area contributed by atoms with Gasteiger partial charge in [0, 0.05) is 18.4 Å². The molecule has 162 valence electrons. The van der Waals surface area contributed by atoms with Crippen LogP contribution in [0.5, 0.6) is 5.75 Å². The number of hydrogen-bond acceptors (Lipinski definition) is 5. The Bertz CT molecular complexity index is 868. The van der Waals surface area contributed by atoms with E-state index in [0.29, 0.717) is 11.5 Å². The van der Waals surface area contributed by atoms with Crippen LogP contribution >= 0.6 is 0 Å². The van der Waals surface area contributed by atoms with Gasteiger partial charge in [0.05, 0.1) is 6.42 Å². The molecular formula is C24H31NO5. The van der Waals surface area contributed by atoms with Crippen molar-refractivity contribution in [2.45, 2.75) is 84.7 Å². The van der Waals surface area contributed by atoms with Crippen molar-refractivity contribution < 1.29 is 24.0 Å². The number of hydroxylamine groups is 2. The molecule has 6 nitrogen and oxygen atoms in total. The minimum absolute atomic E-state index is 0.0704. The molecule has 1 aromatic rings. The maximum Gasteiger partial charge on any atom is 0.333 e. The molecule has 2 amide bonds. The van der Waals surface area contributed by atoms with Crippen molar-refractivity contribution in [1.29, 1.82) is 0 Å². The minimum Gasteiger partial charge on any atom is -0.483 e. The number of carbonyl (C=O) groups is 3. The number of allylic oxidation sites excluding steroid dienone is 1. The molecule has 0 unspecified atom stereocenters. The Balaban J connectivity index is 1.71. The van der Waals surface area contributed by atoms with Crippen molar-refractivity contribution in [3.8, 4) is 5.75 Å². The van der Waals surface area contributed by atoms with Crippen molar-refractivity contribution in [1.82, 2.24) is 5.06 Å². The van der Waals surface area contributed by atoms with Gasteiger partial charge in [0.15, 0.2) is 0 Å². The minimum atomic E-state index is -0.591. The molecule has 6 heteroatoms. The molecule has 0 aromatic heterocycles. The zero-order valence-corrected chi connectivity index (χ0v) is 18.4. The Morgan fingerprint density at radius 1 is 1.13 bits per heavy atom. The number of hydrogen-bond donors (Lipinski definition) is 0. The Labute approximate surface area is 178 Å². The molecule has 2 heterocycles. The number of nitrogens with zero attached hydrogens (tertiary/aromatic N) is 1. The van der Waals surface area contributed by atoms with E-state index >= 15 is 0 Å². The average Bonchev–Trinajstić information content (AvgIpc) is 2.99. The Morgan fingerprint density at radius 2 is 1.83 bits per heavy atom. The van der Waals surface area contributed by atoms with E-state index in [0.717, 1.165) is 28.9 Å². The van der Waals surface area contributed by atoms with Crippen molar-refractivity contribution in [2.24, 2.45) is 0 Å². The number of fused-ring (bicyclic) bond motifs is 1. The average molecular weight is 414 g/mol. The van der Waals surface area contributed by atoms with E-state index in [9.17, 15) is 14.4 Å². The Kier molecular flexibility index (Phi) is 6.64. The summed E-state index contributed by atoms with van der Waals surface area (Å²) in [5.41, 5.74) is 3.88. The summed E-state index contributed by atoms with van der Waals surface area (Å²) in [5.74, 6) is -0.639. The SMILES string of the molecule is CCCCCc1ccc2c(c1)OC(C)(C)C(CCC(=O)ON1C(=O)CCC1=O)=C2C. The molecule has 3 rings (SSSR count). The van der Waals surface area contributed by atoms with Crippen LogP contribution in [0.4, 0.5) is 0 Å². The van der Waals surface area contributed by atoms with Gasteiger partial charge >= 0.3 is 5.97 Å². The lowest BCUT2D eigenvalue weighted by Crippen LogP contribution is -2.35. The highest BCUT2D eigenvalue weighted by Gasteiger charge is 2.35. The highest BCUT2D eigenvalue weighted by atomic mass is 16.7. The van der Waals surface area contributed by atoms with Crippen LogP contribution in [0.1, 0.15) is 83.8 Å². The predicted octanol–water partition coefficient (Wildman–Crippen LogP) is 4.75. The fourth-order valence-electron chi connectivity index (χ4n) is 4.17. The number of imide groups is 1. The van der Waals surface area contributed by atoms with Gasteiger partial charge in [-0.3, -0.25) is 9.59 Å². The standard InChI is InChI=1S/C24H31NO5/c1-5-6-7-8-17-9-10-18-16(2)19(24(3,4)29-20(18)15-17)11-14-23(28)30-25-21(26)12-13-22(25)27/h9-10,15H,5-8,11-14H2,1-4H3. The van der Waals surface area contributed by atoms with Crippen molar-refractivity contribution in [2.75, 3.05) is 0 Å². The lowest BCUT2D eigenvalue weighted by Gasteiger charge is -2.37. The van der Waals surface area contributed by atoms with Crippen LogP contribution in [0, 0.1) is 0 Å². The maximum absolute atomic E-state index is 12.2. The van der Waals surface area contributed by atoms with E-state index in [4.69, 9.17) is 9.57 Å². The number of amides is 2. The fourth-order valence-corrected chi connectivity index (χ4v) is 4.17.